The number of hydrogen-bond acceptors (Lipinski definition) is 4. The lowest BCUT2D eigenvalue weighted by Gasteiger charge is -2.18. The van der Waals surface area contributed by atoms with E-state index in [1.54, 1.807) is 11.3 Å². The molecule has 0 amide bonds. The number of thiophene rings is 1. The lowest BCUT2D eigenvalue weighted by Crippen LogP contribution is -2.18. The highest BCUT2D eigenvalue weighted by Crippen LogP contribution is 2.39. The maximum absolute atomic E-state index is 4.91. The summed E-state index contributed by atoms with van der Waals surface area (Å²) in [4.78, 5) is 14.6. The second-order valence-corrected chi connectivity index (χ2v) is 9.25. The van der Waals surface area contributed by atoms with Crippen molar-refractivity contribution in [3.05, 3.63) is 78.6 Å². The number of rotatable bonds is 2. The van der Waals surface area contributed by atoms with Crippen LogP contribution in [0, 0.1) is 0 Å². The Hall–Kier alpha value is -3.11. The molecular formula is C25H21N3S. The van der Waals surface area contributed by atoms with Crippen molar-refractivity contribution in [1.29, 1.82) is 0 Å². The predicted molar refractivity (Wildman–Crippen MR) is 122 cm³/mol. The summed E-state index contributed by atoms with van der Waals surface area (Å²) < 4.78 is 2.50. The molecule has 0 saturated carbocycles. The van der Waals surface area contributed by atoms with Crippen LogP contribution in [-0.4, -0.2) is 15.0 Å². The number of hydrogen-bond donors (Lipinski definition) is 0. The normalized spacial score (nSPS) is 12.0. The minimum Gasteiger partial charge on any atom is -0.212 e. The topological polar surface area (TPSA) is 38.7 Å². The molecule has 3 nitrogen and oxygen atoms in total. The molecule has 5 aromatic rings. The molecule has 0 aliphatic rings. The summed E-state index contributed by atoms with van der Waals surface area (Å²) in [6.45, 7) is 6.42. The van der Waals surface area contributed by atoms with Crippen molar-refractivity contribution in [2.45, 2.75) is 26.2 Å². The Morgan fingerprint density at radius 2 is 1.34 bits per heavy atom. The monoisotopic (exact) mass is 395 g/mol. The highest BCUT2D eigenvalue weighted by molar-refractivity contribution is 7.26. The SMILES string of the molecule is CC(C)(C)c1nc(-c2ccccc2)nc(-c2cccc3c2sc2ccccc23)n1. The lowest BCUT2D eigenvalue weighted by atomic mass is 9.95. The third kappa shape index (κ3) is 3.19. The molecular weight excluding hydrogens is 374 g/mol. The van der Waals surface area contributed by atoms with Gasteiger partial charge in [0.05, 0.1) is 0 Å². The quantitative estimate of drug-likeness (QED) is 0.327. The molecule has 29 heavy (non-hydrogen) atoms. The van der Waals surface area contributed by atoms with E-state index in [2.05, 4.69) is 63.2 Å². The molecule has 5 rings (SSSR count). The van der Waals surface area contributed by atoms with Crippen LogP contribution in [-0.2, 0) is 5.41 Å². The average Bonchev–Trinajstić information content (AvgIpc) is 3.12. The second kappa shape index (κ2) is 6.75. The van der Waals surface area contributed by atoms with E-state index in [1.807, 2.05) is 30.3 Å². The average molecular weight is 396 g/mol. The van der Waals surface area contributed by atoms with E-state index >= 15 is 0 Å². The summed E-state index contributed by atoms with van der Waals surface area (Å²) in [5.41, 5.74) is 1.90. The van der Waals surface area contributed by atoms with Gasteiger partial charge in [-0.2, -0.15) is 0 Å². The fourth-order valence-corrected chi connectivity index (χ4v) is 4.68. The van der Waals surface area contributed by atoms with Crippen LogP contribution in [0.2, 0.25) is 0 Å². The van der Waals surface area contributed by atoms with Crippen molar-refractivity contribution in [2.75, 3.05) is 0 Å². The van der Waals surface area contributed by atoms with Gasteiger partial charge in [-0.05, 0) is 12.1 Å². The molecule has 0 radical (unpaired) electrons. The summed E-state index contributed by atoms with van der Waals surface area (Å²) in [5.74, 6) is 2.26. The van der Waals surface area contributed by atoms with Gasteiger partial charge in [0.1, 0.15) is 5.82 Å². The van der Waals surface area contributed by atoms with Gasteiger partial charge in [-0.15, -0.1) is 11.3 Å². The van der Waals surface area contributed by atoms with E-state index in [4.69, 9.17) is 15.0 Å². The highest BCUT2D eigenvalue weighted by atomic mass is 32.1. The van der Waals surface area contributed by atoms with Crippen molar-refractivity contribution < 1.29 is 0 Å². The van der Waals surface area contributed by atoms with Crippen LogP contribution in [0.1, 0.15) is 26.6 Å². The molecule has 0 aliphatic heterocycles. The predicted octanol–water partition coefficient (Wildman–Crippen LogP) is 6.87. The minimum atomic E-state index is -0.171. The molecule has 0 aliphatic carbocycles. The maximum Gasteiger partial charge on any atom is 0.165 e. The van der Waals surface area contributed by atoms with Crippen LogP contribution >= 0.6 is 11.3 Å². The summed E-state index contributed by atoms with van der Waals surface area (Å²) in [7, 11) is 0. The molecule has 0 unspecified atom stereocenters. The first-order valence-corrected chi connectivity index (χ1v) is 10.5. The van der Waals surface area contributed by atoms with Crippen molar-refractivity contribution in [1.82, 2.24) is 15.0 Å². The van der Waals surface area contributed by atoms with Gasteiger partial charge in [-0.3, -0.25) is 0 Å². The lowest BCUT2D eigenvalue weighted by molar-refractivity contribution is 0.543. The Balaban J connectivity index is 1.80. The van der Waals surface area contributed by atoms with Gasteiger partial charge in [-0.1, -0.05) is 81.4 Å². The first-order chi connectivity index (χ1) is 14.0. The number of aromatic nitrogens is 3. The number of benzene rings is 3. The van der Waals surface area contributed by atoms with Crippen LogP contribution in [0.5, 0.6) is 0 Å². The third-order valence-electron chi connectivity index (χ3n) is 4.98. The van der Waals surface area contributed by atoms with Gasteiger partial charge in [0, 0.05) is 36.7 Å². The molecule has 0 N–H and O–H groups in total. The van der Waals surface area contributed by atoms with Crippen molar-refractivity contribution >= 4 is 31.5 Å². The fraction of sp³-hybridized carbons (Fsp3) is 0.160. The van der Waals surface area contributed by atoms with E-state index in [0.717, 1.165) is 28.6 Å². The first kappa shape index (κ1) is 18.0. The van der Waals surface area contributed by atoms with E-state index in [0.29, 0.717) is 0 Å². The fourth-order valence-electron chi connectivity index (χ4n) is 3.47. The molecule has 0 fully saturated rings. The standard InChI is InChI=1S/C25H21N3S/c1-25(2,3)24-27-22(16-10-5-4-6-11-16)26-23(28-24)19-14-9-13-18-17-12-7-8-15-20(17)29-21(18)19/h4-15H,1-3H3. The Morgan fingerprint density at radius 3 is 2.14 bits per heavy atom. The first-order valence-electron chi connectivity index (χ1n) is 9.73. The summed E-state index contributed by atoms with van der Waals surface area (Å²) in [5, 5.41) is 2.53. The van der Waals surface area contributed by atoms with Crippen molar-refractivity contribution in [3.8, 4) is 22.8 Å². The Kier molecular flexibility index (Phi) is 4.18. The van der Waals surface area contributed by atoms with Gasteiger partial charge in [0.2, 0.25) is 0 Å². The third-order valence-corrected chi connectivity index (χ3v) is 6.20. The van der Waals surface area contributed by atoms with Crippen LogP contribution < -0.4 is 0 Å². The largest absolute Gasteiger partial charge is 0.212 e. The van der Waals surface area contributed by atoms with Gasteiger partial charge >= 0.3 is 0 Å². The van der Waals surface area contributed by atoms with Crippen LogP contribution in [0.3, 0.4) is 0 Å². The molecule has 0 bridgehead atoms. The molecule has 2 heterocycles. The van der Waals surface area contributed by atoms with Gasteiger partial charge < -0.3 is 0 Å². The highest BCUT2D eigenvalue weighted by Gasteiger charge is 2.22. The number of nitrogens with zero attached hydrogens (tertiary/aromatic N) is 3. The zero-order valence-electron chi connectivity index (χ0n) is 16.7. The molecule has 0 spiro atoms. The Morgan fingerprint density at radius 1 is 0.655 bits per heavy atom. The second-order valence-electron chi connectivity index (χ2n) is 8.20. The van der Waals surface area contributed by atoms with Crippen molar-refractivity contribution in [3.63, 3.8) is 0 Å². The van der Waals surface area contributed by atoms with Crippen molar-refractivity contribution in [2.24, 2.45) is 0 Å². The van der Waals surface area contributed by atoms with E-state index in [9.17, 15) is 0 Å². The number of fused-ring (bicyclic) bond motifs is 3. The zero-order chi connectivity index (χ0) is 20.0. The Bertz CT molecular complexity index is 1330. The van der Waals surface area contributed by atoms with Crippen LogP contribution in [0.4, 0.5) is 0 Å². The molecule has 0 atom stereocenters. The minimum absolute atomic E-state index is 0.171. The summed E-state index contributed by atoms with van der Waals surface area (Å²) in [6, 6.07) is 25.1. The molecule has 0 saturated heterocycles. The van der Waals surface area contributed by atoms with Crippen LogP contribution in [0.15, 0.2) is 72.8 Å². The summed E-state index contributed by atoms with van der Waals surface area (Å²) in [6.07, 6.45) is 0. The van der Waals surface area contributed by atoms with Gasteiger partial charge in [-0.25, -0.2) is 15.0 Å². The van der Waals surface area contributed by atoms with Crippen LogP contribution in [0.25, 0.3) is 42.9 Å². The zero-order valence-corrected chi connectivity index (χ0v) is 17.5. The maximum atomic E-state index is 4.91. The van der Waals surface area contributed by atoms with E-state index in [-0.39, 0.29) is 5.41 Å². The summed E-state index contributed by atoms with van der Waals surface area (Å²) >= 11 is 1.80. The molecule has 2 aromatic heterocycles. The van der Waals surface area contributed by atoms with E-state index < -0.39 is 0 Å². The molecule has 3 aromatic carbocycles. The Labute approximate surface area is 174 Å². The smallest absolute Gasteiger partial charge is 0.165 e. The molecule has 4 heteroatoms. The van der Waals surface area contributed by atoms with Gasteiger partial charge in [0.25, 0.3) is 0 Å². The molecule has 142 valence electrons. The van der Waals surface area contributed by atoms with E-state index in [1.165, 1.54) is 20.2 Å². The van der Waals surface area contributed by atoms with Gasteiger partial charge in [0.15, 0.2) is 11.6 Å².